The van der Waals surface area contributed by atoms with Crippen molar-refractivity contribution in [2.24, 2.45) is 11.8 Å². The molecule has 11 heavy (non-hydrogen) atoms. The average Bonchev–Trinajstić information content (AvgIpc) is 2.03. The van der Waals surface area contributed by atoms with E-state index in [9.17, 15) is 0 Å². The standard InChI is InChI=1S/C10H22O/c1-4-6-10(8-11)7-9(3)5-2/h9-11H,4-8H2,1-3H3/t9-,10+/m1/s1. The summed E-state index contributed by atoms with van der Waals surface area (Å²) >= 11 is 0. The van der Waals surface area contributed by atoms with Crippen LogP contribution in [-0.2, 0) is 0 Å². The van der Waals surface area contributed by atoms with Crippen molar-refractivity contribution in [3.8, 4) is 0 Å². The summed E-state index contributed by atoms with van der Waals surface area (Å²) in [4.78, 5) is 0. The van der Waals surface area contributed by atoms with Gasteiger partial charge in [-0.3, -0.25) is 0 Å². The molecule has 1 heteroatoms. The first-order chi connectivity index (χ1) is 5.24. The predicted octanol–water partition coefficient (Wildman–Crippen LogP) is 2.83. The van der Waals surface area contributed by atoms with Gasteiger partial charge in [-0.1, -0.05) is 33.6 Å². The fourth-order valence-electron chi connectivity index (χ4n) is 1.43. The lowest BCUT2D eigenvalue weighted by atomic mass is 9.91. The van der Waals surface area contributed by atoms with Crippen molar-refractivity contribution in [3.63, 3.8) is 0 Å². The molecule has 0 heterocycles. The molecule has 0 aromatic heterocycles. The minimum absolute atomic E-state index is 0.373. The summed E-state index contributed by atoms with van der Waals surface area (Å²) in [6, 6.07) is 0. The van der Waals surface area contributed by atoms with Gasteiger partial charge in [0.15, 0.2) is 0 Å². The number of aliphatic hydroxyl groups excluding tert-OH is 1. The number of rotatable bonds is 6. The van der Waals surface area contributed by atoms with Crippen molar-refractivity contribution in [2.45, 2.75) is 46.5 Å². The highest BCUT2D eigenvalue weighted by Gasteiger charge is 2.09. The maximum atomic E-state index is 9.00. The third kappa shape index (κ3) is 5.25. The summed E-state index contributed by atoms with van der Waals surface area (Å²) in [6.45, 7) is 7.03. The Labute approximate surface area is 70.8 Å². The Morgan fingerprint density at radius 1 is 1.27 bits per heavy atom. The van der Waals surface area contributed by atoms with E-state index in [4.69, 9.17) is 5.11 Å². The van der Waals surface area contributed by atoms with Crippen molar-refractivity contribution in [1.29, 1.82) is 0 Å². The van der Waals surface area contributed by atoms with E-state index in [1.54, 1.807) is 0 Å². The molecule has 0 aromatic rings. The van der Waals surface area contributed by atoms with E-state index in [1.807, 2.05) is 0 Å². The normalized spacial score (nSPS) is 16.4. The first-order valence-electron chi connectivity index (χ1n) is 4.85. The zero-order chi connectivity index (χ0) is 8.69. The monoisotopic (exact) mass is 158 g/mol. The molecule has 1 N–H and O–H groups in total. The summed E-state index contributed by atoms with van der Waals surface area (Å²) in [6.07, 6.45) is 4.81. The number of hydrogen-bond donors (Lipinski definition) is 1. The molecule has 0 saturated carbocycles. The maximum absolute atomic E-state index is 9.00. The second kappa shape index (κ2) is 6.66. The van der Waals surface area contributed by atoms with Gasteiger partial charge in [0.25, 0.3) is 0 Å². The lowest BCUT2D eigenvalue weighted by Crippen LogP contribution is -2.09. The molecule has 0 spiro atoms. The Hall–Kier alpha value is -0.0400. The maximum Gasteiger partial charge on any atom is 0.0459 e. The van der Waals surface area contributed by atoms with Gasteiger partial charge in [-0.2, -0.15) is 0 Å². The van der Waals surface area contributed by atoms with Crippen molar-refractivity contribution in [3.05, 3.63) is 0 Å². The Morgan fingerprint density at radius 3 is 2.27 bits per heavy atom. The van der Waals surface area contributed by atoms with Crippen LogP contribution in [-0.4, -0.2) is 11.7 Å². The molecule has 1 nitrogen and oxygen atoms in total. The van der Waals surface area contributed by atoms with Crippen LogP contribution in [0, 0.1) is 11.8 Å². The van der Waals surface area contributed by atoms with E-state index in [0.29, 0.717) is 12.5 Å². The van der Waals surface area contributed by atoms with Crippen LogP contribution in [0.15, 0.2) is 0 Å². The van der Waals surface area contributed by atoms with Gasteiger partial charge in [0.2, 0.25) is 0 Å². The summed E-state index contributed by atoms with van der Waals surface area (Å²) in [7, 11) is 0. The van der Waals surface area contributed by atoms with Crippen LogP contribution in [0.4, 0.5) is 0 Å². The van der Waals surface area contributed by atoms with Gasteiger partial charge in [-0.25, -0.2) is 0 Å². The van der Waals surface area contributed by atoms with Gasteiger partial charge < -0.3 is 5.11 Å². The fraction of sp³-hybridized carbons (Fsp3) is 1.00. The van der Waals surface area contributed by atoms with Crippen molar-refractivity contribution < 1.29 is 5.11 Å². The van der Waals surface area contributed by atoms with Crippen LogP contribution in [0.2, 0.25) is 0 Å². The molecule has 0 aliphatic carbocycles. The number of aliphatic hydroxyl groups is 1. The van der Waals surface area contributed by atoms with Gasteiger partial charge in [0.1, 0.15) is 0 Å². The molecule has 0 aromatic carbocycles. The molecule has 0 aliphatic heterocycles. The minimum Gasteiger partial charge on any atom is -0.396 e. The third-order valence-corrected chi connectivity index (χ3v) is 2.39. The molecule has 2 atom stereocenters. The molecule has 0 aliphatic rings. The van der Waals surface area contributed by atoms with E-state index in [-0.39, 0.29) is 0 Å². The molecule has 0 amide bonds. The summed E-state index contributed by atoms with van der Waals surface area (Å²) in [5.74, 6) is 1.33. The van der Waals surface area contributed by atoms with Crippen LogP contribution in [0.1, 0.15) is 46.5 Å². The van der Waals surface area contributed by atoms with Gasteiger partial charge in [-0.15, -0.1) is 0 Å². The van der Waals surface area contributed by atoms with E-state index in [2.05, 4.69) is 20.8 Å². The minimum atomic E-state index is 0.373. The molecule has 0 unspecified atom stereocenters. The second-order valence-electron chi connectivity index (χ2n) is 3.59. The summed E-state index contributed by atoms with van der Waals surface area (Å²) < 4.78 is 0. The van der Waals surface area contributed by atoms with Gasteiger partial charge in [-0.05, 0) is 24.7 Å². The third-order valence-electron chi connectivity index (χ3n) is 2.39. The number of hydrogen-bond acceptors (Lipinski definition) is 1. The Morgan fingerprint density at radius 2 is 1.91 bits per heavy atom. The highest BCUT2D eigenvalue weighted by atomic mass is 16.3. The predicted molar refractivity (Wildman–Crippen MR) is 49.6 cm³/mol. The zero-order valence-corrected chi connectivity index (χ0v) is 8.14. The molecular formula is C10H22O. The topological polar surface area (TPSA) is 20.2 Å². The highest BCUT2D eigenvalue weighted by Crippen LogP contribution is 2.18. The van der Waals surface area contributed by atoms with E-state index >= 15 is 0 Å². The van der Waals surface area contributed by atoms with Crippen LogP contribution in [0.25, 0.3) is 0 Å². The summed E-state index contributed by atoms with van der Waals surface area (Å²) in [5.41, 5.74) is 0. The zero-order valence-electron chi connectivity index (χ0n) is 8.14. The Balaban J connectivity index is 3.49. The van der Waals surface area contributed by atoms with Crippen molar-refractivity contribution in [1.82, 2.24) is 0 Å². The van der Waals surface area contributed by atoms with E-state index in [0.717, 1.165) is 5.92 Å². The lowest BCUT2D eigenvalue weighted by molar-refractivity contribution is 0.193. The van der Waals surface area contributed by atoms with Gasteiger partial charge in [0, 0.05) is 6.61 Å². The molecular weight excluding hydrogens is 136 g/mol. The molecule has 68 valence electrons. The highest BCUT2D eigenvalue weighted by molar-refractivity contribution is 4.61. The molecule has 0 bridgehead atoms. The molecule has 0 fully saturated rings. The quantitative estimate of drug-likeness (QED) is 0.630. The molecule has 0 rings (SSSR count). The molecule has 0 saturated heterocycles. The van der Waals surface area contributed by atoms with Crippen LogP contribution in [0.5, 0.6) is 0 Å². The summed E-state index contributed by atoms with van der Waals surface area (Å²) in [5, 5.41) is 9.00. The van der Waals surface area contributed by atoms with Crippen molar-refractivity contribution in [2.75, 3.05) is 6.61 Å². The smallest absolute Gasteiger partial charge is 0.0459 e. The fourth-order valence-corrected chi connectivity index (χ4v) is 1.43. The SMILES string of the molecule is CCC[C@H](CO)C[C@H](C)CC. The van der Waals surface area contributed by atoms with Gasteiger partial charge in [0.05, 0.1) is 0 Å². The largest absolute Gasteiger partial charge is 0.396 e. The van der Waals surface area contributed by atoms with Crippen LogP contribution >= 0.6 is 0 Å². The van der Waals surface area contributed by atoms with E-state index < -0.39 is 0 Å². The van der Waals surface area contributed by atoms with Crippen LogP contribution in [0.3, 0.4) is 0 Å². The van der Waals surface area contributed by atoms with Gasteiger partial charge >= 0.3 is 0 Å². The average molecular weight is 158 g/mol. The Bertz CT molecular complexity index is 80.9. The molecule has 0 radical (unpaired) electrons. The van der Waals surface area contributed by atoms with Crippen molar-refractivity contribution >= 4 is 0 Å². The second-order valence-corrected chi connectivity index (χ2v) is 3.59. The van der Waals surface area contributed by atoms with E-state index in [1.165, 1.54) is 25.7 Å². The first-order valence-corrected chi connectivity index (χ1v) is 4.85. The Kier molecular flexibility index (Phi) is 6.63. The van der Waals surface area contributed by atoms with Crippen LogP contribution < -0.4 is 0 Å². The first kappa shape index (κ1) is 11.0. The lowest BCUT2D eigenvalue weighted by Gasteiger charge is -2.16.